The highest BCUT2D eigenvalue weighted by Gasteiger charge is 2.78. The van der Waals surface area contributed by atoms with Crippen LogP contribution in [0.4, 0.5) is 0 Å². The highest BCUT2D eigenvalue weighted by Crippen LogP contribution is 2.64. The number of aliphatic hydroxyl groups excluding tert-OH is 2. The Morgan fingerprint density at radius 2 is 1.52 bits per heavy atom. The van der Waals surface area contributed by atoms with Crippen LogP contribution < -0.4 is 10.4 Å². The molecular formula is C49H52NO19-. The van der Waals surface area contributed by atoms with Gasteiger partial charge in [0, 0.05) is 37.7 Å². The second kappa shape index (κ2) is 19.0. The number of ketones is 1. The van der Waals surface area contributed by atoms with E-state index in [-0.39, 0.29) is 34.5 Å². The monoisotopic (exact) mass is 958 g/mol. The number of ether oxygens (including phenoxy) is 6. The Morgan fingerprint density at radius 3 is 2.07 bits per heavy atom. The fourth-order valence-electron chi connectivity index (χ4n) is 10.5. The Hall–Kier alpha value is -6.74. The second-order valence-electron chi connectivity index (χ2n) is 18.5. The highest BCUT2D eigenvalue weighted by atomic mass is 16.6. The van der Waals surface area contributed by atoms with E-state index in [1.807, 2.05) is 0 Å². The maximum absolute atomic E-state index is 15.6. The molecule has 2 aromatic carbocycles. The Balaban J connectivity index is 1.42. The Labute approximate surface area is 394 Å². The number of rotatable bonds is 14. The fraction of sp³-hybridized carbons (Fsp3) is 0.469. The average molecular weight is 959 g/mol. The molecule has 3 aliphatic carbocycles. The van der Waals surface area contributed by atoms with Gasteiger partial charge in [0.25, 0.3) is 5.91 Å². The summed E-state index contributed by atoms with van der Waals surface area (Å²) in [5.74, 6) is -11.4. The van der Waals surface area contributed by atoms with Crippen LogP contribution in [0.3, 0.4) is 0 Å². The quantitative estimate of drug-likeness (QED) is 0.101. The number of Topliss-reactive ketones (excluding diaryl/α,β-unsaturated/α-hetero) is 1. The van der Waals surface area contributed by atoms with E-state index in [0.29, 0.717) is 0 Å². The number of benzene rings is 2. The molecule has 1 aliphatic heterocycles. The minimum Gasteiger partial charge on any atom is -0.547 e. The summed E-state index contributed by atoms with van der Waals surface area (Å²) >= 11 is 0. The van der Waals surface area contributed by atoms with Crippen LogP contribution >= 0.6 is 0 Å². The van der Waals surface area contributed by atoms with Crippen molar-refractivity contribution in [2.24, 2.45) is 16.7 Å². The summed E-state index contributed by atoms with van der Waals surface area (Å²) in [6, 6.07) is 16.2. The minimum absolute atomic E-state index is 0.00760. The first-order valence-corrected chi connectivity index (χ1v) is 22.1. The van der Waals surface area contributed by atoms with Crippen molar-refractivity contribution in [1.29, 1.82) is 0 Å². The number of amides is 1. The summed E-state index contributed by atoms with van der Waals surface area (Å²) < 4.78 is 41.4. The lowest BCUT2D eigenvalue weighted by molar-refractivity contribution is -0.346. The number of nitrogens with one attached hydrogen (secondary N) is 1. The summed E-state index contributed by atoms with van der Waals surface area (Å²) in [4.78, 5) is 110. The van der Waals surface area contributed by atoms with Crippen molar-refractivity contribution < 1.29 is 91.6 Å². The molecule has 0 unspecified atom stereocenters. The van der Waals surface area contributed by atoms with Crippen LogP contribution in [-0.4, -0.2) is 123 Å². The summed E-state index contributed by atoms with van der Waals surface area (Å²) in [6.45, 7) is 7.43. The minimum atomic E-state index is -2.56. The summed E-state index contributed by atoms with van der Waals surface area (Å²) in [6.07, 6.45) is -14.1. The van der Waals surface area contributed by atoms with Crippen LogP contribution in [0.5, 0.6) is 0 Å². The number of carboxylic acid groups (broad SMARTS) is 1. The van der Waals surface area contributed by atoms with Gasteiger partial charge in [-0.2, -0.15) is 0 Å². The lowest BCUT2D eigenvalue weighted by Gasteiger charge is -2.67. The van der Waals surface area contributed by atoms with E-state index in [2.05, 4.69) is 5.32 Å². The summed E-state index contributed by atoms with van der Waals surface area (Å²) in [5, 5.41) is 50.0. The second-order valence-corrected chi connectivity index (χ2v) is 18.5. The van der Waals surface area contributed by atoms with Crippen molar-refractivity contribution in [1.82, 2.24) is 5.32 Å². The van der Waals surface area contributed by atoms with Crippen molar-refractivity contribution in [2.45, 2.75) is 121 Å². The third kappa shape index (κ3) is 8.92. The SMILES string of the molecule is CC(=O)O[C@H]1C(=O)[C@@]2(C)[C@H]([C@H](OC(=O)c3ccccc3)[C@]3(O)C[C@H](OC(=O)[C@H](OC(=O)C[C@H](O)C(=O)[O-])[C@@H](NC(=O)c4ccccc4)c4ccco4)C(C)=C1C3(C)C)[C@]1(OC(C)=O)CO[C@@H]1C[C@@H]2O. The van der Waals surface area contributed by atoms with Gasteiger partial charge in [0.1, 0.15) is 41.8 Å². The number of aliphatic carboxylic acids is 1. The third-order valence-electron chi connectivity index (χ3n) is 14.0. The molecule has 12 atom stereocenters. The molecule has 4 aliphatic rings. The highest BCUT2D eigenvalue weighted by molar-refractivity contribution is 5.96. The van der Waals surface area contributed by atoms with Gasteiger partial charge < -0.3 is 63.4 Å². The molecule has 69 heavy (non-hydrogen) atoms. The molecule has 1 amide bonds. The number of aliphatic hydroxyl groups is 3. The summed E-state index contributed by atoms with van der Waals surface area (Å²) in [5.41, 5.74) is -8.44. The Morgan fingerprint density at radius 1 is 0.884 bits per heavy atom. The molecule has 2 bridgehead atoms. The maximum atomic E-state index is 15.6. The molecule has 3 aromatic rings. The van der Waals surface area contributed by atoms with Crippen LogP contribution in [0.25, 0.3) is 0 Å². The molecule has 1 aromatic heterocycles. The van der Waals surface area contributed by atoms with Crippen LogP contribution in [0.2, 0.25) is 0 Å². The molecule has 0 spiro atoms. The largest absolute Gasteiger partial charge is 0.547 e. The smallest absolute Gasteiger partial charge is 0.350 e. The number of carbonyl (C=O) groups excluding carboxylic acids is 8. The molecule has 20 nitrogen and oxygen atoms in total. The molecule has 20 heteroatoms. The molecule has 7 rings (SSSR count). The summed E-state index contributed by atoms with van der Waals surface area (Å²) in [7, 11) is 0. The van der Waals surface area contributed by atoms with Crippen molar-refractivity contribution in [2.75, 3.05) is 6.61 Å². The van der Waals surface area contributed by atoms with Crippen molar-refractivity contribution in [3.8, 4) is 0 Å². The van der Waals surface area contributed by atoms with Crippen molar-refractivity contribution in [3.05, 3.63) is 107 Å². The van der Waals surface area contributed by atoms with Crippen LogP contribution in [0, 0.1) is 16.7 Å². The topological polar surface area (TPSA) is 301 Å². The number of furan rings is 1. The first-order chi connectivity index (χ1) is 32.5. The molecule has 368 valence electrons. The van der Waals surface area contributed by atoms with E-state index >= 15 is 4.79 Å². The number of fused-ring (bicyclic) bond motifs is 5. The third-order valence-corrected chi connectivity index (χ3v) is 14.0. The first-order valence-electron chi connectivity index (χ1n) is 22.1. The number of hydrogen-bond acceptors (Lipinski definition) is 19. The van der Waals surface area contributed by atoms with Crippen molar-refractivity contribution >= 4 is 47.5 Å². The Bertz CT molecular complexity index is 2540. The fourth-order valence-corrected chi connectivity index (χ4v) is 10.5. The van der Waals surface area contributed by atoms with Crippen LogP contribution in [0.15, 0.2) is 94.6 Å². The van der Waals surface area contributed by atoms with Crippen LogP contribution in [-0.2, 0) is 57.2 Å². The zero-order chi connectivity index (χ0) is 50.4. The molecule has 2 saturated carbocycles. The maximum Gasteiger partial charge on any atom is 0.350 e. The predicted octanol–water partition coefficient (Wildman–Crippen LogP) is 1.38. The molecule has 4 N–H and O–H groups in total. The lowest BCUT2D eigenvalue weighted by atomic mass is 9.44. The van der Waals surface area contributed by atoms with Gasteiger partial charge in [-0.1, -0.05) is 50.2 Å². The number of carboxylic acids is 1. The van der Waals surface area contributed by atoms with Gasteiger partial charge in [-0.15, -0.1) is 0 Å². The van der Waals surface area contributed by atoms with Gasteiger partial charge in [-0.25, -0.2) is 9.59 Å². The van der Waals surface area contributed by atoms with E-state index in [1.54, 1.807) is 36.4 Å². The zero-order valence-electron chi connectivity index (χ0n) is 38.4. The zero-order valence-corrected chi connectivity index (χ0v) is 38.4. The molecule has 0 radical (unpaired) electrons. The number of hydrogen-bond donors (Lipinski definition) is 4. The predicted molar refractivity (Wildman–Crippen MR) is 229 cm³/mol. The number of esters is 5. The van der Waals surface area contributed by atoms with Gasteiger partial charge in [0.05, 0.1) is 48.3 Å². The van der Waals surface area contributed by atoms with Gasteiger partial charge in [0.2, 0.25) is 6.10 Å². The number of carbonyl (C=O) groups is 8. The van der Waals surface area contributed by atoms with Gasteiger partial charge in [-0.05, 0) is 61.4 Å². The normalized spacial score (nSPS) is 30.2. The Kier molecular flexibility index (Phi) is 13.8. The van der Waals surface area contributed by atoms with E-state index in [0.717, 1.165) is 13.8 Å². The van der Waals surface area contributed by atoms with Gasteiger partial charge in [-0.3, -0.25) is 24.0 Å². The van der Waals surface area contributed by atoms with E-state index in [1.165, 1.54) is 70.4 Å². The van der Waals surface area contributed by atoms with Crippen molar-refractivity contribution in [3.63, 3.8) is 0 Å². The van der Waals surface area contributed by atoms with E-state index in [4.69, 9.17) is 32.8 Å². The average Bonchev–Trinajstić information content (AvgIpc) is 3.84. The molecule has 2 heterocycles. The first kappa shape index (κ1) is 50.1. The standard InChI is InChI=1S/C49H53NO19/c1-24-31(66-45(61)38(67-34(55)20-29(53)43(58)59)36(30-18-13-19-63-30)50-42(57)27-14-9-7-10-15-27)22-49(62)41(68-44(60)28-16-11-8-12-17-28)39-47(6,32(54)21-33-48(39,23-64-33)69-26(3)52)40(56)37(65-25(2)51)35(24)46(49,4)5/h7-19,29,31-33,36-39,41,53-54,62H,20-23H2,1-6H3,(H,50,57)(H,58,59)/p-1/t29-,31-,32-,33+,36-,37+,38+,39-,41-,47+,48-,49+/m0/s1. The van der Waals surface area contributed by atoms with Gasteiger partial charge in [0.15, 0.2) is 17.5 Å². The van der Waals surface area contributed by atoms with E-state index in [9.17, 15) is 54.0 Å². The lowest BCUT2D eigenvalue weighted by Crippen LogP contribution is -2.82. The molecule has 1 saturated heterocycles. The molecular weight excluding hydrogens is 907 g/mol. The molecule has 3 fully saturated rings. The van der Waals surface area contributed by atoms with Gasteiger partial charge >= 0.3 is 29.8 Å². The van der Waals surface area contributed by atoms with Crippen LogP contribution in [0.1, 0.15) is 93.3 Å². The van der Waals surface area contributed by atoms with E-state index < -0.39 is 144 Å².